The number of benzene rings is 1. The van der Waals surface area contributed by atoms with Crippen LogP contribution in [-0.4, -0.2) is 24.8 Å². The summed E-state index contributed by atoms with van der Waals surface area (Å²) >= 11 is 0. The van der Waals surface area contributed by atoms with Crippen molar-refractivity contribution in [1.29, 1.82) is 0 Å². The largest absolute Gasteiger partial charge is 2.00 e. The summed E-state index contributed by atoms with van der Waals surface area (Å²) in [6.07, 6.45) is 7.21. The second-order valence-corrected chi connectivity index (χ2v) is 7.41. The van der Waals surface area contributed by atoms with Crippen molar-refractivity contribution in [1.82, 2.24) is 0 Å². The van der Waals surface area contributed by atoms with Gasteiger partial charge in [0, 0.05) is 26.9 Å². The van der Waals surface area contributed by atoms with E-state index in [9.17, 15) is 10.1 Å². The second kappa shape index (κ2) is 26.3. The number of nitro groups is 1. The summed E-state index contributed by atoms with van der Waals surface area (Å²) in [6.45, 7) is 17.8. The van der Waals surface area contributed by atoms with Crippen LogP contribution in [0.5, 0.6) is 0 Å². The topological polar surface area (TPSA) is 61.6 Å². The van der Waals surface area contributed by atoms with Gasteiger partial charge in [-0.25, -0.2) is 0 Å². The first-order valence-electron chi connectivity index (χ1n) is 11.2. The van der Waals surface area contributed by atoms with Gasteiger partial charge in [0.25, 0.3) is 5.69 Å². The Bertz CT molecular complexity index is 630. The molecule has 32 heavy (non-hydrogen) atoms. The van der Waals surface area contributed by atoms with Gasteiger partial charge in [-0.05, 0) is 32.1 Å². The van der Waals surface area contributed by atoms with Gasteiger partial charge in [0.15, 0.2) is 0 Å². The van der Waals surface area contributed by atoms with Crippen LogP contribution in [0.15, 0.2) is 18.2 Å². The fourth-order valence-corrected chi connectivity index (χ4v) is 2.67. The van der Waals surface area contributed by atoms with Crippen molar-refractivity contribution < 1.29 is 30.7 Å². The molecule has 0 heterocycles. The van der Waals surface area contributed by atoms with Crippen LogP contribution in [0.1, 0.15) is 89.9 Å². The molecule has 0 amide bonds. The van der Waals surface area contributed by atoms with E-state index in [1.165, 1.54) is 25.3 Å². The molecule has 1 aromatic carbocycles. The van der Waals surface area contributed by atoms with Crippen molar-refractivity contribution in [2.24, 2.45) is 0 Å². The van der Waals surface area contributed by atoms with Gasteiger partial charge < -0.3 is 23.1 Å². The predicted molar refractivity (Wildman–Crippen MR) is 135 cm³/mol. The van der Waals surface area contributed by atoms with E-state index in [0.717, 1.165) is 31.2 Å². The minimum atomic E-state index is -0.379. The Labute approximate surface area is 208 Å². The van der Waals surface area contributed by atoms with E-state index in [2.05, 4.69) is 32.6 Å². The zero-order chi connectivity index (χ0) is 23.9. The molecule has 0 spiro atoms. The molecule has 0 saturated carbocycles. The summed E-state index contributed by atoms with van der Waals surface area (Å²) in [4.78, 5) is 10.9. The second-order valence-electron chi connectivity index (χ2n) is 6.71. The van der Waals surface area contributed by atoms with Crippen LogP contribution in [0.3, 0.4) is 0 Å². The molecule has 0 N–H and O–H groups in total. The predicted octanol–water partition coefficient (Wildman–Crippen LogP) is 7.69. The molecule has 5 nitrogen and oxygen atoms in total. The van der Waals surface area contributed by atoms with Gasteiger partial charge in [-0.3, -0.25) is 10.1 Å². The van der Waals surface area contributed by atoms with Crippen LogP contribution in [0.4, 0.5) is 5.69 Å². The Morgan fingerprint density at radius 1 is 1.12 bits per heavy atom. The van der Waals surface area contributed by atoms with Crippen molar-refractivity contribution in [3.8, 4) is 11.8 Å². The molecular formula is C25H42NNiO4P. The van der Waals surface area contributed by atoms with Crippen molar-refractivity contribution in [2.45, 2.75) is 78.7 Å². The molecule has 0 aliphatic carbocycles. The molecule has 0 fully saturated rings. The maximum absolute atomic E-state index is 11.3. The summed E-state index contributed by atoms with van der Waals surface area (Å²) in [6, 6.07) is 4.99. The van der Waals surface area contributed by atoms with E-state index in [4.69, 9.17) is 9.26 Å². The maximum atomic E-state index is 11.3. The number of rotatable bonds is 11. The van der Waals surface area contributed by atoms with E-state index in [0.29, 0.717) is 27.6 Å². The zero-order valence-corrected chi connectivity index (χ0v) is 22.5. The van der Waals surface area contributed by atoms with Crippen LogP contribution in [-0.2, 0) is 25.8 Å². The summed E-state index contributed by atoms with van der Waals surface area (Å²) in [7, 11) is 0.412. The molecule has 0 radical (unpaired) electrons. The molecule has 1 aromatic rings. The molecule has 0 aromatic heterocycles. The van der Waals surface area contributed by atoms with Gasteiger partial charge >= 0.3 is 16.5 Å². The third-order valence-corrected chi connectivity index (χ3v) is 4.24. The Balaban J connectivity index is -0.00000108. The average Bonchev–Trinajstić information content (AvgIpc) is 2.74. The van der Waals surface area contributed by atoms with Gasteiger partial charge in [-0.15, -0.1) is 0 Å². The summed E-state index contributed by atoms with van der Waals surface area (Å²) < 4.78 is 10.9. The van der Waals surface area contributed by atoms with Gasteiger partial charge in [-0.2, -0.15) is 12.8 Å². The van der Waals surface area contributed by atoms with E-state index >= 15 is 0 Å². The number of nitro benzene ring substituents is 1. The Hall–Kier alpha value is -0.976. The maximum Gasteiger partial charge on any atom is 2.00 e. The molecule has 0 aliphatic heterocycles. The fourth-order valence-electron chi connectivity index (χ4n) is 2.39. The summed E-state index contributed by atoms with van der Waals surface area (Å²) in [5.41, 5.74) is 1.42. The molecule has 2 atom stereocenters. The number of nitrogens with zero attached hydrogens (tertiary/aromatic N) is 1. The average molecular weight is 510 g/mol. The van der Waals surface area contributed by atoms with Crippen LogP contribution in [0.2, 0.25) is 0 Å². The van der Waals surface area contributed by atoms with Crippen LogP contribution in [0, 0.1) is 35.8 Å². The van der Waals surface area contributed by atoms with Crippen LogP contribution >= 0.6 is 8.81 Å². The van der Waals surface area contributed by atoms with Crippen molar-refractivity contribution >= 4 is 14.5 Å². The van der Waals surface area contributed by atoms with Gasteiger partial charge in [0.2, 0.25) is 0 Å². The van der Waals surface area contributed by atoms with Gasteiger partial charge in [0.05, 0.1) is 29.8 Å². The molecule has 186 valence electrons. The van der Waals surface area contributed by atoms with E-state index < -0.39 is 0 Å². The smallest absolute Gasteiger partial charge is 0.371 e. The zero-order valence-electron chi connectivity index (χ0n) is 20.5. The summed E-state index contributed by atoms with van der Waals surface area (Å²) in [5.74, 6) is 6.26. The first kappa shape index (κ1) is 35.6. The minimum absolute atomic E-state index is 0. The third-order valence-electron chi connectivity index (χ3n) is 3.75. The third kappa shape index (κ3) is 19.7. The van der Waals surface area contributed by atoms with Crippen LogP contribution < -0.4 is 0 Å². The quantitative estimate of drug-likeness (QED) is 0.0583. The normalized spacial score (nSPS) is 10.6. The van der Waals surface area contributed by atoms with Crippen molar-refractivity contribution in [3.05, 3.63) is 53.3 Å². The fraction of sp³-hybridized carbons (Fsp3) is 0.600. The van der Waals surface area contributed by atoms with E-state index in [1.807, 2.05) is 27.4 Å². The number of hydrogen-bond donors (Lipinski definition) is 0. The number of ether oxygens (including phenoxy) is 1. The molecule has 1 rings (SSSR count). The molecule has 0 bridgehead atoms. The SMILES string of the molecule is CCCCCCC#Cc1ccc([N+](=O)[O-])c(C(C)OCCOPC)c1.[CH2-]CC.[CH2-]CC.[Ni+2]. The Morgan fingerprint density at radius 3 is 2.28 bits per heavy atom. The Kier molecular flexibility index (Phi) is 29.2. The first-order valence-corrected chi connectivity index (χ1v) is 12.6. The molecule has 0 aliphatic rings. The summed E-state index contributed by atoms with van der Waals surface area (Å²) in [5, 5.41) is 11.3. The Morgan fingerprint density at radius 2 is 1.75 bits per heavy atom. The van der Waals surface area contributed by atoms with Crippen LogP contribution in [0.25, 0.3) is 0 Å². The van der Waals surface area contributed by atoms with Crippen molar-refractivity contribution in [3.63, 3.8) is 0 Å². The van der Waals surface area contributed by atoms with E-state index in [1.54, 1.807) is 12.1 Å². The number of hydrogen-bond acceptors (Lipinski definition) is 4. The van der Waals surface area contributed by atoms with E-state index in [-0.39, 0.29) is 33.2 Å². The molecule has 7 heteroatoms. The van der Waals surface area contributed by atoms with Crippen molar-refractivity contribution in [2.75, 3.05) is 19.9 Å². The molecule has 2 unspecified atom stereocenters. The molecular weight excluding hydrogens is 468 g/mol. The monoisotopic (exact) mass is 509 g/mol. The first-order chi connectivity index (χ1) is 14.9. The standard InChI is InChI=1S/C19H28NO4P.2C3H7.Ni/c1-4-5-6-7-8-9-10-17-11-12-19(20(21)22)18(15-17)16(2)23-13-14-24-25-3;2*1-3-2;/h11-12,15-16,25H,4-8,13-14H2,1-3H3;2*1,3H2,2H3;/q;2*-1;+2. The van der Waals surface area contributed by atoms with Gasteiger partial charge in [-0.1, -0.05) is 51.9 Å². The molecule has 0 saturated heterocycles. The minimum Gasteiger partial charge on any atom is -0.371 e. The van der Waals surface area contributed by atoms with Gasteiger partial charge in [0.1, 0.15) is 0 Å². The number of unbranched alkanes of at least 4 members (excludes halogenated alkanes) is 4.